The number of carbonyl (C=O) groups excluding carboxylic acids is 1. The molecule has 0 saturated heterocycles. The second kappa shape index (κ2) is 12.1. The van der Waals surface area contributed by atoms with Crippen LogP contribution in [0.2, 0.25) is 5.02 Å². The lowest BCUT2D eigenvalue weighted by Gasteiger charge is -2.23. The first-order valence-corrected chi connectivity index (χ1v) is 10.6. The number of hydrogen-bond acceptors (Lipinski definition) is 5. The molecule has 160 valence electrons. The molecule has 2 rings (SSSR count). The minimum atomic E-state index is -0.631. The lowest BCUT2D eigenvalue weighted by atomic mass is 9.91. The Morgan fingerprint density at radius 2 is 2.07 bits per heavy atom. The van der Waals surface area contributed by atoms with Gasteiger partial charge in [0.05, 0.1) is 18.8 Å². The van der Waals surface area contributed by atoms with E-state index in [1.165, 1.54) is 0 Å². The van der Waals surface area contributed by atoms with Crippen LogP contribution in [-0.4, -0.2) is 40.1 Å². The van der Waals surface area contributed by atoms with Gasteiger partial charge in [-0.3, -0.25) is 4.79 Å². The minimum Gasteiger partial charge on any atom is -0.471 e. The number of halogens is 1. The van der Waals surface area contributed by atoms with Gasteiger partial charge in [0, 0.05) is 23.9 Å². The number of aliphatic hydroxyl groups excluding tert-OH is 2. The van der Waals surface area contributed by atoms with Crippen molar-refractivity contribution in [3.8, 4) is 0 Å². The zero-order valence-corrected chi connectivity index (χ0v) is 17.9. The first-order valence-electron chi connectivity index (χ1n) is 9.81. The summed E-state index contributed by atoms with van der Waals surface area (Å²) in [5, 5.41) is 24.5. The molecule has 1 aromatic carbocycles. The van der Waals surface area contributed by atoms with Crippen molar-refractivity contribution in [2.24, 2.45) is 17.6 Å². The molecular weight excluding hydrogens is 412 g/mol. The smallest absolute Gasteiger partial charge is 0.256 e. The molecule has 0 radical (unpaired) electrons. The zero-order chi connectivity index (χ0) is 21.2. The van der Waals surface area contributed by atoms with Crippen molar-refractivity contribution < 1.29 is 19.7 Å². The normalized spacial score (nSPS) is 24.0. The van der Waals surface area contributed by atoms with Gasteiger partial charge in [-0.2, -0.15) is 0 Å². The molecule has 0 spiro atoms. The Hall–Kier alpha value is -1.67. The van der Waals surface area contributed by atoms with Gasteiger partial charge in [0.2, 0.25) is 5.91 Å². The number of ether oxygens (including phenoxy) is 1. The molecule has 1 amide bonds. The second-order valence-electron chi connectivity index (χ2n) is 7.35. The van der Waals surface area contributed by atoms with Gasteiger partial charge in [0.15, 0.2) is 0 Å². The molecule has 1 saturated carbocycles. The highest BCUT2D eigenvalue weighted by Crippen LogP contribution is 2.35. The average Bonchev–Trinajstić information content (AvgIpc) is 2.93. The number of nitrogens with one attached hydrogen (secondary N) is 1. The van der Waals surface area contributed by atoms with Gasteiger partial charge in [0.1, 0.15) is 0 Å². The van der Waals surface area contributed by atoms with Crippen molar-refractivity contribution in [2.75, 3.05) is 6.61 Å². The van der Waals surface area contributed by atoms with E-state index in [-0.39, 0.29) is 29.5 Å². The van der Waals surface area contributed by atoms with Crippen molar-refractivity contribution in [2.45, 2.75) is 50.9 Å². The number of unbranched alkanes of at least 4 members (excludes halogenated alkanes) is 1. The third-order valence-corrected chi connectivity index (χ3v) is 5.62. The molecule has 0 heterocycles. The van der Waals surface area contributed by atoms with Crippen molar-refractivity contribution in [1.82, 2.24) is 5.32 Å². The highest BCUT2D eigenvalue weighted by atomic mass is 35.5. The topological polar surface area (TPSA) is 105 Å². The Morgan fingerprint density at radius 3 is 2.79 bits per heavy atom. The van der Waals surface area contributed by atoms with Gasteiger partial charge < -0.3 is 26.0 Å². The van der Waals surface area contributed by atoms with E-state index in [2.05, 4.69) is 5.32 Å². The molecule has 5 N–H and O–H groups in total. The van der Waals surface area contributed by atoms with Gasteiger partial charge in [-0.25, -0.2) is 0 Å². The van der Waals surface area contributed by atoms with Crippen LogP contribution in [0.15, 0.2) is 36.4 Å². The van der Waals surface area contributed by atoms with Crippen LogP contribution in [0.1, 0.15) is 37.7 Å². The molecule has 0 aliphatic heterocycles. The van der Waals surface area contributed by atoms with Crippen LogP contribution in [0.3, 0.4) is 0 Å². The van der Waals surface area contributed by atoms with Crippen molar-refractivity contribution in [3.63, 3.8) is 0 Å². The second-order valence-corrected chi connectivity index (χ2v) is 8.15. The van der Waals surface area contributed by atoms with Crippen LogP contribution >= 0.6 is 23.8 Å². The number of hydrogen-bond donors (Lipinski definition) is 4. The summed E-state index contributed by atoms with van der Waals surface area (Å²) < 4.78 is 5.64. The summed E-state index contributed by atoms with van der Waals surface area (Å²) in [6.45, 7) is 0.729. The van der Waals surface area contributed by atoms with Crippen LogP contribution in [-0.2, 0) is 16.1 Å². The Balaban J connectivity index is 1.76. The quantitative estimate of drug-likeness (QED) is 0.253. The van der Waals surface area contributed by atoms with E-state index in [1.807, 2.05) is 30.4 Å². The lowest BCUT2D eigenvalue weighted by Crippen LogP contribution is -2.31. The van der Waals surface area contributed by atoms with Crippen LogP contribution in [0, 0.1) is 11.8 Å². The van der Waals surface area contributed by atoms with Crippen LogP contribution in [0.25, 0.3) is 0 Å². The summed E-state index contributed by atoms with van der Waals surface area (Å²) in [5.74, 6) is -0.607. The molecule has 0 bridgehead atoms. The molecule has 29 heavy (non-hydrogen) atoms. The van der Waals surface area contributed by atoms with E-state index in [0.717, 1.165) is 12.0 Å². The Kier molecular flexibility index (Phi) is 9.87. The number of primary amides is 1. The molecule has 2 unspecified atom stereocenters. The van der Waals surface area contributed by atoms with Gasteiger partial charge in [0.25, 0.3) is 5.17 Å². The fraction of sp³-hybridized carbons (Fsp3) is 0.524. The van der Waals surface area contributed by atoms with Gasteiger partial charge >= 0.3 is 0 Å². The average molecular weight is 441 g/mol. The van der Waals surface area contributed by atoms with E-state index in [1.54, 1.807) is 6.07 Å². The van der Waals surface area contributed by atoms with Gasteiger partial charge in [-0.15, -0.1) is 0 Å². The largest absolute Gasteiger partial charge is 0.471 e. The molecular formula is C21H29ClN2O4S. The number of rotatable bonds is 10. The molecule has 1 aliphatic rings. The summed E-state index contributed by atoms with van der Waals surface area (Å²) in [6.07, 6.45) is 5.54. The number of aliphatic hydroxyl groups is 2. The zero-order valence-electron chi connectivity index (χ0n) is 16.3. The summed E-state index contributed by atoms with van der Waals surface area (Å²) in [7, 11) is 0. The van der Waals surface area contributed by atoms with E-state index in [0.29, 0.717) is 37.3 Å². The predicted molar refractivity (Wildman–Crippen MR) is 117 cm³/mol. The highest BCUT2D eigenvalue weighted by Gasteiger charge is 2.41. The SMILES string of the molecule is NC(=O)CCC/C=C\C[C@H]1C(O)CC(O)[C@@H]1COC(=S)NCc1cccc(Cl)c1. The number of amides is 1. The summed E-state index contributed by atoms with van der Waals surface area (Å²) >= 11 is 11.2. The maximum Gasteiger partial charge on any atom is 0.256 e. The summed E-state index contributed by atoms with van der Waals surface area (Å²) in [6, 6.07) is 7.45. The first kappa shape index (κ1) is 23.6. The number of allylic oxidation sites excluding steroid dienone is 2. The fourth-order valence-corrected chi connectivity index (χ4v) is 3.90. The minimum absolute atomic E-state index is 0.104. The van der Waals surface area contributed by atoms with Crippen LogP contribution in [0.5, 0.6) is 0 Å². The maximum atomic E-state index is 10.7. The molecule has 0 aromatic heterocycles. The molecule has 8 heteroatoms. The molecule has 1 aromatic rings. The van der Waals surface area contributed by atoms with Crippen LogP contribution < -0.4 is 11.1 Å². The third-order valence-electron chi connectivity index (χ3n) is 5.12. The lowest BCUT2D eigenvalue weighted by molar-refractivity contribution is -0.118. The maximum absolute atomic E-state index is 10.7. The molecule has 1 fully saturated rings. The monoisotopic (exact) mass is 440 g/mol. The Labute approximate surface area is 182 Å². The van der Waals surface area contributed by atoms with E-state index >= 15 is 0 Å². The summed E-state index contributed by atoms with van der Waals surface area (Å²) in [5.41, 5.74) is 6.10. The Morgan fingerprint density at radius 1 is 1.31 bits per heavy atom. The Bertz CT molecular complexity index is 716. The van der Waals surface area contributed by atoms with Gasteiger partial charge in [-0.05, 0) is 61.5 Å². The van der Waals surface area contributed by atoms with Crippen molar-refractivity contribution in [3.05, 3.63) is 47.0 Å². The number of carbonyl (C=O) groups is 1. The predicted octanol–water partition coefficient (Wildman–Crippen LogP) is 2.69. The van der Waals surface area contributed by atoms with Crippen molar-refractivity contribution in [1.29, 1.82) is 0 Å². The molecule has 1 aliphatic carbocycles. The number of thiocarbonyl (C=S) groups is 1. The molecule has 6 nitrogen and oxygen atoms in total. The van der Waals surface area contributed by atoms with Crippen molar-refractivity contribution >= 4 is 34.9 Å². The number of nitrogens with two attached hydrogens (primary N) is 1. The third kappa shape index (κ3) is 8.30. The van der Waals surface area contributed by atoms with E-state index in [4.69, 9.17) is 34.3 Å². The standard InChI is InChI=1S/C21H29ClN2O4S/c22-15-7-5-6-14(10-15)12-24-21(29)28-13-17-16(18(25)11-19(17)26)8-3-1-2-4-9-20(23)27/h1,3,5-7,10,16-19,25-26H,2,4,8-9,11-13H2,(H2,23,27)(H,24,29)/b3-1-/t16-,17-,18?,19?/m1/s1. The number of benzene rings is 1. The highest BCUT2D eigenvalue weighted by molar-refractivity contribution is 7.80. The van der Waals surface area contributed by atoms with E-state index in [9.17, 15) is 15.0 Å². The fourth-order valence-electron chi connectivity index (χ4n) is 3.54. The molecule has 4 atom stereocenters. The summed E-state index contributed by atoms with van der Waals surface area (Å²) in [4.78, 5) is 10.7. The first-order chi connectivity index (χ1) is 13.9. The van der Waals surface area contributed by atoms with Crippen LogP contribution in [0.4, 0.5) is 0 Å². The van der Waals surface area contributed by atoms with E-state index < -0.39 is 12.2 Å². The van der Waals surface area contributed by atoms with Gasteiger partial charge in [-0.1, -0.05) is 35.9 Å².